The summed E-state index contributed by atoms with van der Waals surface area (Å²) in [5.41, 5.74) is 1.62. The number of hydrogen-bond donors (Lipinski definition) is 4. The SMILES string of the molecule is CCC(=O)NC1CCC(Nc2nc(NC3CC3)n3ncc(/C=C4\CC(=O)NC4=O)c3n2)CC1. The summed E-state index contributed by atoms with van der Waals surface area (Å²) in [6.45, 7) is 1.86. The highest BCUT2D eigenvalue weighted by Crippen LogP contribution is 2.27. The van der Waals surface area contributed by atoms with Crippen molar-refractivity contribution in [3.05, 3.63) is 17.3 Å². The number of nitrogens with one attached hydrogen (secondary N) is 4. The largest absolute Gasteiger partial charge is 0.353 e. The van der Waals surface area contributed by atoms with Crippen LogP contribution in [0.4, 0.5) is 11.9 Å². The third-order valence-corrected chi connectivity index (χ3v) is 6.28. The molecule has 2 aromatic heterocycles. The Hall–Kier alpha value is -3.50. The molecule has 0 bridgehead atoms. The van der Waals surface area contributed by atoms with Crippen LogP contribution >= 0.6 is 0 Å². The van der Waals surface area contributed by atoms with E-state index >= 15 is 0 Å². The van der Waals surface area contributed by atoms with E-state index in [0.717, 1.165) is 38.5 Å². The molecule has 2 saturated carbocycles. The first-order valence-electron chi connectivity index (χ1n) is 11.6. The van der Waals surface area contributed by atoms with E-state index in [9.17, 15) is 14.4 Å². The molecule has 2 aromatic rings. The van der Waals surface area contributed by atoms with Crippen LogP contribution in [0.15, 0.2) is 11.8 Å². The van der Waals surface area contributed by atoms with Gasteiger partial charge in [-0.1, -0.05) is 6.92 Å². The number of imide groups is 1. The van der Waals surface area contributed by atoms with Crippen LogP contribution in [0.25, 0.3) is 11.7 Å². The molecular weight excluding hydrogens is 424 g/mol. The zero-order valence-corrected chi connectivity index (χ0v) is 18.6. The average molecular weight is 453 g/mol. The lowest BCUT2D eigenvalue weighted by atomic mass is 9.91. The molecule has 0 atom stereocenters. The number of hydrogen-bond acceptors (Lipinski definition) is 8. The third-order valence-electron chi connectivity index (χ3n) is 6.28. The maximum Gasteiger partial charge on any atom is 0.254 e. The summed E-state index contributed by atoms with van der Waals surface area (Å²) < 4.78 is 1.64. The fraction of sp³-hybridized carbons (Fsp3) is 0.545. The summed E-state index contributed by atoms with van der Waals surface area (Å²) >= 11 is 0. The lowest BCUT2D eigenvalue weighted by molar-refractivity contribution is -0.124. The maximum absolute atomic E-state index is 12.0. The predicted octanol–water partition coefficient (Wildman–Crippen LogP) is 1.38. The Morgan fingerprint density at radius 1 is 1.09 bits per heavy atom. The molecule has 3 heterocycles. The molecule has 0 aromatic carbocycles. The van der Waals surface area contributed by atoms with Crippen LogP contribution in [0.3, 0.4) is 0 Å². The summed E-state index contributed by atoms with van der Waals surface area (Å²) in [4.78, 5) is 44.6. The molecule has 3 amide bonds. The van der Waals surface area contributed by atoms with Crippen molar-refractivity contribution in [2.45, 2.75) is 76.4 Å². The van der Waals surface area contributed by atoms with Crippen LogP contribution in [0, 0.1) is 0 Å². The molecule has 4 N–H and O–H groups in total. The molecular formula is C22H28N8O3. The Morgan fingerprint density at radius 3 is 2.45 bits per heavy atom. The average Bonchev–Trinajstić information content (AvgIpc) is 3.43. The molecule has 5 rings (SSSR count). The van der Waals surface area contributed by atoms with Crippen molar-refractivity contribution in [2.24, 2.45) is 0 Å². The maximum atomic E-state index is 12.0. The number of anilines is 2. The minimum absolute atomic E-state index is 0.0529. The number of aromatic nitrogens is 4. The van der Waals surface area contributed by atoms with Crippen molar-refractivity contribution in [1.29, 1.82) is 0 Å². The second-order valence-electron chi connectivity index (χ2n) is 8.96. The van der Waals surface area contributed by atoms with Crippen molar-refractivity contribution >= 4 is 41.3 Å². The van der Waals surface area contributed by atoms with Gasteiger partial charge in [0.1, 0.15) is 0 Å². The highest BCUT2D eigenvalue weighted by atomic mass is 16.2. The molecule has 0 radical (unpaired) electrons. The highest BCUT2D eigenvalue weighted by Gasteiger charge is 2.27. The molecule has 3 aliphatic rings. The Bertz CT molecular complexity index is 1130. The topological polar surface area (TPSA) is 142 Å². The van der Waals surface area contributed by atoms with E-state index in [-0.39, 0.29) is 36.2 Å². The molecule has 0 spiro atoms. The standard InChI is InChI=1S/C22H28N8O3/c1-2-17(31)24-14-3-5-15(6-4-14)25-21-28-19-13(9-12-10-18(32)27-20(12)33)11-23-30(19)22(29-21)26-16-7-8-16/h9,11,14-16H,2-8,10H2,1H3,(H,24,31)(H,27,32,33)(H2,25,26,28,29)/b12-9+. The third kappa shape index (κ3) is 4.81. The van der Waals surface area contributed by atoms with Crippen molar-refractivity contribution in [3.8, 4) is 0 Å². The molecule has 0 unspecified atom stereocenters. The normalized spacial score (nSPS) is 24.2. The smallest absolute Gasteiger partial charge is 0.254 e. The summed E-state index contributed by atoms with van der Waals surface area (Å²) in [7, 11) is 0. The van der Waals surface area contributed by atoms with Crippen LogP contribution in [0.5, 0.6) is 0 Å². The summed E-state index contributed by atoms with van der Waals surface area (Å²) in [5.74, 6) is 0.511. The fourth-order valence-electron chi connectivity index (χ4n) is 4.27. The highest BCUT2D eigenvalue weighted by molar-refractivity contribution is 6.15. The molecule has 11 heteroatoms. The molecule has 174 valence electrons. The quantitative estimate of drug-likeness (QED) is 0.365. The van der Waals surface area contributed by atoms with Crippen LogP contribution in [0.1, 0.15) is 63.9 Å². The summed E-state index contributed by atoms with van der Waals surface area (Å²) in [6.07, 6.45) is 9.67. The fourth-order valence-corrected chi connectivity index (χ4v) is 4.27. The van der Waals surface area contributed by atoms with Gasteiger partial charge in [0, 0.05) is 35.7 Å². The Kier molecular flexibility index (Phi) is 5.69. The van der Waals surface area contributed by atoms with Gasteiger partial charge in [-0.2, -0.15) is 19.6 Å². The molecule has 1 aliphatic heterocycles. The zero-order chi connectivity index (χ0) is 22.9. The number of rotatable bonds is 7. The number of amides is 3. The molecule has 3 fully saturated rings. The van der Waals surface area contributed by atoms with Gasteiger partial charge in [-0.15, -0.1) is 0 Å². The summed E-state index contributed by atoms with van der Waals surface area (Å²) in [5, 5.41) is 16.7. The molecule has 2 aliphatic carbocycles. The van der Waals surface area contributed by atoms with Gasteiger partial charge < -0.3 is 16.0 Å². The van der Waals surface area contributed by atoms with Crippen molar-refractivity contribution in [3.63, 3.8) is 0 Å². The number of carbonyl (C=O) groups is 3. The van der Waals surface area contributed by atoms with Gasteiger partial charge in [-0.25, -0.2) is 0 Å². The molecule has 33 heavy (non-hydrogen) atoms. The van der Waals surface area contributed by atoms with Crippen molar-refractivity contribution in [1.82, 2.24) is 30.2 Å². The molecule has 11 nitrogen and oxygen atoms in total. The van der Waals surface area contributed by atoms with E-state index in [1.165, 1.54) is 0 Å². The van der Waals surface area contributed by atoms with E-state index < -0.39 is 0 Å². The summed E-state index contributed by atoms with van der Waals surface area (Å²) in [6, 6.07) is 0.802. The number of nitrogens with zero attached hydrogens (tertiary/aromatic N) is 4. The van der Waals surface area contributed by atoms with Gasteiger partial charge >= 0.3 is 0 Å². The van der Waals surface area contributed by atoms with E-state index in [1.54, 1.807) is 16.8 Å². The van der Waals surface area contributed by atoms with E-state index in [4.69, 9.17) is 4.98 Å². The van der Waals surface area contributed by atoms with Crippen LogP contribution in [-0.4, -0.2) is 55.4 Å². The first-order valence-corrected chi connectivity index (χ1v) is 11.6. The minimum atomic E-state index is -0.380. The van der Waals surface area contributed by atoms with Gasteiger partial charge in [-0.05, 0) is 44.6 Å². The monoisotopic (exact) mass is 452 g/mol. The van der Waals surface area contributed by atoms with Gasteiger partial charge in [0.05, 0.1) is 12.6 Å². The van der Waals surface area contributed by atoms with Crippen LogP contribution in [0.2, 0.25) is 0 Å². The number of fused-ring (bicyclic) bond motifs is 1. The predicted molar refractivity (Wildman–Crippen MR) is 121 cm³/mol. The number of carbonyl (C=O) groups excluding carboxylic acids is 3. The first kappa shape index (κ1) is 21.4. The molecule has 1 saturated heterocycles. The van der Waals surface area contributed by atoms with Crippen molar-refractivity contribution in [2.75, 3.05) is 10.6 Å². The Labute approximate surface area is 190 Å². The second-order valence-corrected chi connectivity index (χ2v) is 8.96. The van der Waals surface area contributed by atoms with E-state index in [2.05, 4.69) is 31.3 Å². The van der Waals surface area contributed by atoms with Crippen molar-refractivity contribution < 1.29 is 14.4 Å². The lowest BCUT2D eigenvalue weighted by Gasteiger charge is -2.29. The van der Waals surface area contributed by atoms with E-state index in [1.807, 2.05) is 6.92 Å². The Morgan fingerprint density at radius 2 is 1.79 bits per heavy atom. The zero-order valence-electron chi connectivity index (χ0n) is 18.6. The second kappa shape index (κ2) is 8.80. The lowest BCUT2D eigenvalue weighted by Crippen LogP contribution is -2.40. The first-order chi connectivity index (χ1) is 16.0. The van der Waals surface area contributed by atoms with Gasteiger partial charge in [0.25, 0.3) is 5.91 Å². The Balaban J connectivity index is 1.37. The van der Waals surface area contributed by atoms with Gasteiger partial charge in [0.2, 0.25) is 23.7 Å². The van der Waals surface area contributed by atoms with E-state index in [0.29, 0.717) is 41.1 Å². The minimum Gasteiger partial charge on any atom is -0.353 e. The van der Waals surface area contributed by atoms with Gasteiger partial charge in [-0.3, -0.25) is 19.7 Å². The van der Waals surface area contributed by atoms with Gasteiger partial charge in [0.15, 0.2) is 5.65 Å². The van der Waals surface area contributed by atoms with Crippen LogP contribution in [-0.2, 0) is 14.4 Å². The van der Waals surface area contributed by atoms with Crippen LogP contribution < -0.4 is 21.3 Å².